The van der Waals surface area contributed by atoms with Gasteiger partial charge in [-0.3, -0.25) is 15.1 Å². The molecule has 1 amide bonds. The number of carbonyl (C=O) groups is 1. The molecule has 5 heteroatoms. The van der Waals surface area contributed by atoms with Gasteiger partial charge in [0.05, 0.1) is 5.52 Å². The van der Waals surface area contributed by atoms with Crippen LogP contribution in [-0.2, 0) is 18.3 Å². The summed E-state index contributed by atoms with van der Waals surface area (Å²) < 4.78 is 1.77. The largest absolute Gasteiger partial charge is 0.320 e. The van der Waals surface area contributed by atoms with Crippen molar-refractivity contribution in [2.75, 3.05) is 5.32 Å². The van der Waals surface area contributed by atoms with Crippen molar-refractivity contribution in [2.24, 2.45) is 7.05 Å². The summed E-state index contributed by atoms with van der Waals surface area (Å²) in [6, 6.07) is 12.0. The molecule has 3 rings (SSSR count). The lowest BCUT2D eigenvalue weighted by atomic mass is 10.1. The highest BCUT2D eigenvalue weighted by molar-refractivity contribution is 5.89. The number of nitrogens with one attached hydrogen (secondary N) is 1. The molecule has 3 aromatic rings. The Morgan fingerprint density at radius 3 is 2.90 bits per heavy atom. The number of nitrogens with zero attached hydrogens (tertiary/aromatic N) is 3. The first-order chi connectivity index (χ1) is 10.2. The predicted molar refractivity (Wildman–Crippen MR) is 81.9 cm³/mol. The van der Waals surface area contributed by atoms with E-state index in [2.05, 4.69) is 15.3 Å². The normalized spacial score (nSPS) is 10.7. The number of hydrogen-bond donors (Lipinski definition) is 1. The molecule has 0 saturated carbocycles. The van der Waals surface area contributed by atoms with E-state index in [4.69, 9.17) is 0 Å². The number of pyridine rings is 1. The van der Waals surface area contributed by atoms with Gasteiger partial charge >= 0.3 is 0 Å². The topological polar surface area (TPSA) is 59.8 Å². The SMILES string of the molecule is Cn1ccnc1NC(=O)CCc1ccc2ccccc2n1. The van der Waals surface area contributed by atoms with Gasteiger partial charge in [0.15, 0.2) is 0 Å². The molecule has 1 aromatic carbocycles. The summed E-state index contributed by atoms with van der Waals surface area (Å²) in [5.41, 5.74) is 1.88. The highest BCUT2D eigenvalue weighted by Crippen LogP contribution is 2.13. The molecule has 0 aliphatic carbocycles. The fourth-order valence-corrected chi connectivity index (χ4v) is 2.16. The van der Waals surface area contributed by atoms with Gasteiger partial charge < -0.3 is 4.57 Å². The fourth-order valence-electron chi connectivity index (χ4n) is 2.16. The number of carbonyl (C=O) groups excluding carboxylic acids is 1. The first-order valence-corrected chi connectivity index (χ1v) is 6.84. The molecule has 0 spiro atoms. The number of fused-ring (bicyclic) bond motifs is 1. The first kappa shape index (κ1) is 13.3. The van der Waals surface area contributed by atoms with Crippen molar-refractivity contribution < 1.29 is 4.79 Å². The van der Waals surface area contributed by atoms with Crippen LogP contribution in [0.1, 0.15) is 12.1 Å². The van der Waals surface area contributed by atoms with Crippen LogP contribution in [0.3, 0.4) is 0 Å². The average Bonchev–Trinajstić information content (AvgIpc) is 2.90. The molecule has 0 bridgehead atoms. The molecule has 2 aromatic heterocycles. The maximum Gasteiger partial charge on any atom is 0.227 e. The third kappa shape index (κ3) is 3.08. The van der Waals surface area contributed by atoms with Crippen molar-refractivity contribution in [2.45, 2.75) is 12.8 Å². The Kier molecular flexibility index (Phi) is 3.64. The second-order valence-electron chi connectivity index (χ2n) is 4.91. The van der Waals surface area contributed by atoms with Crippen LogP contribution in [-0.4, -0.2) is 20.4 Å². The van der Waals surface area contributed by atoms with Gasteiger partial charge in [0.25, 0.3) is 0 Å². The Bertz CT molecular complexity index is 779. The fraction of sp³-hybridized carbons (Fsp3) is 0.188. The average molecular weight is 280 g/mol. The lowest BCUT2D eigenvalue weighted by Gasteiger charge is -2.05. The summed E-state index contributed by atoms with van der Waals surface area (Å²) >= 11 is 0. The van der Waals surface area contributed by atoms with Crippen molar-refractivity contribution in [3.05, 3.63) is 54.5 Å². The summed E-state index contributed by atoms with van der Waals surface area (Å²) in [5.74, 6) is 0.505. The maximum atomic E-state index is 11.9. The van der Waals surface area contributed by atoms with E-state index in [-0.39, 0.29) is 5.91 Å². The third-order valence-electron chi connectivity index (χ3n) is 3.34. The minimum absolute atomic E-state index is 0.0562. The second-order valence-corrected chi connectivity index (χ2v) is 4.91. The van der Waals surface area contributed by atoms with E-state index in [1.807, 2.05) is 43.4 Å². The molecule has 106 valence electrons. The Balaban J connectivity index is 1.63. The van der Waals surface area contributed by atoms with Crippen LogP contribution < -0.4 is 5.32 Å². The Morgan fingerprint density at radius 2 is 2.10 bits per heavy atom. The molecular formula is C16H16N4O. The maximum absolute atomic E-state index is 11.9. The number of hydrogen-bond acceptors (Lipinski definition) is 3. The number of anilines is 1. The Labute approximate surface area is 122 Å². The standard InChI is InChI=1S/C16H16N4O/c1-20-11-10-17-16(20)19-15(21)9-8-13-7-6-12-4-2-3-5-14(12)18-13/h2-7,10-11H,8-9H2,1H3,(H,17,19,21). The lowest BCUT2D eigenvalue weighted by molar-refractivity contribution is -0.116. The number of imidazole rings is 1. The quantitative estimate of drug-likeness (QED) is 0.799. The molecule has 5 nitrogen and oxygen atoms in total. The van der Waals surface area contributed by atoms with Crippen molar-refractivity contribution in [3.8, 4) is 0 Å². The summed E-state index contributed by atoms with van der Waals surface area (Å²) in [5, 5.41) is 3.89. The number of para-hydroxylation sites is 1. The van der Waals surface area contributed by atoms with E-state index in [1.54, 1.807) is 17.0 Å². The minimum atomic E-state index is -0.0562. The van der Waals surface area contributed by atoms with Gasteiger partial charge in [0.1, 0.15) is 0 Å². The van der Waals surface area contributed by atoms with E-state index in [0.29, 0.717) is 18.8 Å². The van der Waals surface area contributed by atoms with E-state index in [0.717, 1.165) is 16.6 Å². The van der Waals surface area contributed by atoms with Gasteiger partial charge in [-0.15, -0.1) is 0 Å². The first-order valence-electron chi connectivity index (χ1n) is 6.84. The number of benzene rings is 1. The van der Waals surface area contributed by atoms with Crippen molar-refractivity contribution in [3.63, 3.8) is 0 Å². The number of rotatable bonds is 4. The van der Waals surface area contributed by atoms with Crippen LogP contribution >= 0.6 is 0 Å². The second kappa shape index (κ2) is 5.75. The van der Waals surface area contributed by atoms with E-state index in [1.165, 1.54) is 0 Å². The zero-order chi connectivity index (χ0) is 14.7. The zero-order valence-electron chi connectivity index (χ0n) is 11.8. The zero-order valence-corrected chi connectivity index (χ0v) is 11.8. The Hall–Kier alpha value is -2.69. The highest BCUT2D eigenvalue weighted by atomic mass is 16.1. The van der Waals surface area contributed by atoms with Gasteiger partial charge in [0, 0.05) is 36.9 Å². The van der Waals surface area contributed by atoms with Gasteiger partial charge in [-0.05, 0) is 18.6 Å². The Morgan fingerprint density at radius 1 is 1.24 bits per heavy atom. The van der Waals surface area contributed by atoms with Crippen LogP contribution in [0.4, 0.5) is 5.95 Å². The number of aromatic nitrogens is 3. The molecule has 0 saturated heterocycles. The molecule has 0 atom stereocenters. The van der Waals surface area contributed by atoms with E-state index < -0.39 is 0 Å². The van der Waals surface area contributed by atoms with E-state index >= 15 is 0 Å². The molecule has 0 aliphatic rings. The van der Waals surface area contributed by atoms with E-state index in [9.17, 15) is 4.79 Å². The summed E-state index contributed by atoms with van der Waals surface area (Å²) in [7, 11) is 1.84. The van der Waals surface area contributed by atoms with Crippen LogP contribution in [0, 0.1) is 0 Å². The lowest BCUT2D eigenvalue weighted by Crippen LogP contribution is -2.15. The van der Waals surface area contributed by atoms with Gasteiger partial charge in [-0.1, -0.05) is 24.3 Å². The van der Waals surface area contributed by atoms with Gasteiger partial charge in [-0.25, -0.2) is 4.98 Å². The number of aryl methyl sites for hydroxylation is 2. The van der Waals surface area contributed by atoms with Crippen LogP contribution in [0.25, 0.3) is 10.9 Å². The number of amides is 1. The van der Waals surface area contributed by atoms with Crippen molar-refractivity contribution in [1.82, 2.24) is 14.5 Å². The van der Waals surface area contributed by atoms with Gasteiger partial charge in [-0.2, -0.15) is 0 Å². The molecule has 0 radical (unpaired) electrons. The van der Waals surface area contributed by atoms with Crippen molar-refractivity contribution >= 4 is 22.8 Å². The predicted octanol–water partition coefficient (Wildman–Crippen LogP) is 2.54. The molecular weight excluding hydrogens is 264 g/mol. The highest BCUT2D eigenvalue weighted by Gasteiger charge is 2.07. The molecule has 0 unspecified atom stereocenters. The smallest absolute Gasteiger partial charge is 0.227 e. The summed E-state index contributed by atoms with van der Waals surface area (Å²) in [6.07, 6.45) is 4.44. The molecule has 2 heterocycles. The van der Waals surface area contributed by atoms with Crippen LogP contribution in [0.5, 0.6) is 0 Å². The molecule has 0 fully saturated rings. The molecule has 21 heavy (non-hydrogen) atoms. The monoisotopic (exact) mass is 280 g/mol. The van der Waals surface area contributed by atoms with Gasteiger partial charge in [0.2, 0.25) is 11.9 Å². The summed E-state index contributed by atoms with van der Waals surface area (Å²) in [4.78, 5) is 20.5. The minimum Gasteiger partial charge on any atom is -0.320 e. The molecule has 1 N–H and O–H groups in total. The van der Waals surface area contributed by atoms with Crippen molar-refractivity contribution in [1.29, 1.82) is 0 Å². The molecule has 0 aliphatic heterocycles. The van der Waals surface area contributed by atoms with Crippen LogP contribution in [0.15, 0.2) is 48.8 Å². The summed E-state index contributed by atoms with van der Waals surface area (Å²) in [6.45, 7) is 0. The third-order valence-corrected chi connectivity index (χ3v) is 3.34. The van der Waals surface area contributed by atoms with Crippen LogP contribution in [0.2, 0.25) is 0 Å².